The molecule has 1 fully saturated rings. The molecule has 1 saturated heterocycles. The van der Waals surface area contributed by atoms with Crippen LogP contribution in [0.25, 0.3) is 0 Å². The van der Waals surface area contributed by atoms with Crippen LogP contribution >= 0.6 is 23.2 Å². The highest BCUT2D eigenvalue weighted by molar-refractivity contribution is 6.32. The van der Waals surface area contributed by atoms with E-state index in [-0.39, 0.29) is 44.2 Å². The summed E-state index contributed by atoms with van der Waals surface area (Å²) in [6, 6.07) is 5.57. The Morgan fingerprint density at radius 2 is 1.47 bits per heavy atom. The van der Waals surface area contributed by atoms with Gasteiger partial charge >= 0.3 is 23.9 Å². The molecule has 2 aliphatic heterocycles. The van der Waals surface area contributed by atoms with E-state index in [1.54, 1.807) is 6.08 Å². The van der Waals surface area contributed by atoms with Crippen molar-refractivity contribution in [3.8, 4) is 23.0 Å². The van der Waals surface area contributed by atoms with E-state index in [0.717, 1.165) is 0 Å². The Morgan fingerprint density at radius 3 is 1.94 bits per heavy atom. The number of fused-ring (bicyclic) bond motifs is 6. The zero-order valence-corrected chi connectivity index (χ0v) is 20.2. The zero-order chi connectivity index (χ0) is 25.9. The van der Waals surface area contributed by atoms with Crippen molar-refractivity contribution < 1.29 is 43.2 Å². The van der Waals surface area contributed by atoms with E-state index >= 15 is 0 Å². The number of carbonyl (C=O) groups is 4. The lowest BCUT2D eigenvalue weighted by molar-refractivity contribution is -0.153. The molecule has 36 heavy (non-hydrogen) atoms. The minimum atomic E-state index is -1.67. The molecule has 0 amide bonds. The molecule has 2 atom stereocenters. The number of benzene rings is 2. The Bertz CT molecular complexity index is 1370. The number of halogens is 2. The number of aliphatic carboxylic acids is 1. The lowest BCUT2D eigenvalue weighted by Crippen LogP contribution is -2.35. The van der Waals surface area contributed by atoms with Crippen LogP contribution in [0.5, 0.6) is 23.0 Å². The van der Waals surface area contributed by atoms with E-state index in [0.29, 0.717) is 5.57 Å². The molecular weight excluding hydrogens is 515 g/mol. The third-order valence-corrected chi connectivity index (χ3v) is 6.63. The Labute approximate surface area is 213 Å². The summed E-state index contributed by atoms with van der Waals surface area (Å²) in [4.78, 5) is 48.3. The molecule has 184 valence electrons. The molecule has 2 aromatic carbocycles. The van der Waals surface area contributed by atoms with Gasteiger partial charge in [0.25, 0.3) is 0 Å². The maximum atomic E-state index is 13.2. The van der Waals surface area contributed by atoms with Gasteiger partial charge in [0, 0.05) is 37.1 Å². The van der Waals surface area contributed by atoms with Crippen LogP contribution in [0.2, 0.25) is 10.0 Å². The minimum Gasteiger partial charge on any atom is -0.481 e. The summed E-state index contributed by atoms with van der Waals surface area (Å²) < 4.78 is 22.4. The van der Waals surface area contributed by atoms with E-state index in [4.69, 9.17) is 42.1 Å². The molecule has 2 unspecified atom stereocenters. The van der Waals surface area contributed by atoms with Gasteiger partial charge in [-0.3, -0.25) is 19.2 Å². The number of hydrogen-bond donors (Lipinski definition) is 1. The fourth-order valence-electron chi connectivity index (χ4n) is 4.73. The van der Waals surface area contributed by atoms with Gasteiger partial charge in [-0.1, -0.05) is 41.4 Å². The number of carboxylic acids is 1. The largest absolute Gasteiger partial charge is 0.481 e. The number of carboxylic acid groups (broad SMARTS) is 1. The lowest BCUT2D eigenvalue weighted by Gasteiger charge is -2.38. The summed E-state index contributed by atoms with van der Waals surface area (Å²) in [5.74, 6) is -5.28. The Kier molecular flexibility index (Phi) is 5.57. The van der Waals surface area contributed by atoms with Crippen LogP contribution in [0.4, 0.5) is 0 Å². The highest BCUT2D eigenvalue weighted by Gasteiger charge is 2.61. The first-order chi connectivity index (χ1) is 17.0. The average molecular weight is 531 g/mol. The van der Waals surface area contributed by atoms with Crippen LogP contribution in [-0.4, -0.2) is 29.0 Å². The first-order valence-corrected chi connectivity index (χ1v) is 11.4. The average Bonchev–Trinajstić information content (AvgIpc) is 3.09. The van der Waals surface area contributed by atoms with Gasteiger partial charge < -0.3 is 24.1 Å². The van der Waals surface area contributed by atoms with E-state index in [9.17, 15) is 24.3 Å². The third-order valence-electron chi connectivity index (χ3n) is 6.04. The predicted molar refractivity (Wildman–Crippen MR) is 124 cm³/mol. The van der Waals surface area contributed by atoms with Crippen LogP contribution in [-0.2, 0) is 29.5 Å². The summed E-state index contributed by atoms with van der Waals surface area (Å²) in [6.07, 6.45) is 4.55. The number of allylic oxidation sites excluding steroid dienone is 2. The molecule has 0 radical (unpaired) electrons. The van der Waals surface area contributed by atoms with Gasteiger partial charge in [0.05, 0.1) is 21.9 Å². The first kappa shape index (κ1) is 23.9. The zero-order valence-electron chi connectivity index (χ0n) is 18.7. The molecule has 2 aromatic rings. The molecule has 0 saturated carbocycles. The van der Waals surface area contributed by atoms with Crippen LogP contribution in [0.15, 0.2) is 48.1 Å². The Hall–Kier alpha value is -3.82. The van der Waals surface area contributed by atoms with E-state index in [2.05, 4.69) is 0 Å². The second-order valence-electron chi connectivity index (χ2n) is 8.30. The van der Waals surface area contributed by atoms with Crippen LogP contribution in [0.3, 0.4) is 0 Å². The number of carbonyl (C=O) groups excluding carboxylic acids is 3. The molecule has 1 spiro atoms. The van der Waals surface area contributed by atoms with Crippen molar-refractivity contribution in [1.82, 2.24) is 0 Å². The molecule has 0 aromatic heterocycles. The highest BCUT2D eigenvalue weighted by atomic mass is 35.5. The Morgan fingerprint density at radius 1 is 0.944 bits per heavy atom. The minimum absolute atomic E-state index is 0.00232. The van der Waals surface area contributed by atoms with Crippen molar-refractivity contribution in [2.45, 2.75) is 19.4 Å². The topological polar surface area (TPSA) is 125 Å². The fraction of sp³-hybridized carbons (Fsp3) is 0.200. The SMILES string of the molecule is CC(=O)Oc1cc2c(cc1Cl)C1(OC(=O)C3C1=CC=CC3C(=O)O)c1cc(Cl)c(OC(C)=O)cc1O2. The fourth-order valence-corrected chi connectivity index (χ4v) is 5.14. The molecule has 0 bridgehead atoms. The second-order valence-corrected chi connectivity index (χ2v) is 9.11. The normalized spacial score (nSPS) is 20.3. The van der Waals surface area contributed by atoms with Crippen molar-refractivity contribution in [2.75, 3.05) is 0 Å². The van der Waals surface area contributed by atoms with Gasteiger partial charge in [0.15, 0.2) is 17.1 Å². The van der Waals surface area contributed by atoms with Crippen molar-refractivity contribution >= 4 is 47.1 Å². The van der Waals surface area contributed by atoms with E-state index in [1.807, 2.05) is 0 Å². The van der Waals surface area contributed by atoms with E-state index < -0.39 is 41.3 Å². The number of hydrogen-bond acceptors (Lipinski definition) is 8. The highest BCUT2D eigenvalue weighted by Crippen LogP contribution is 2.61. The van der Waals surface area contributed by atoms with Gasteiger partial charge in [-0.05, 0) is 17.7 Å². The summed E-state index contributed by atoms with van der Waals surface area (Å²) in [7, 11) is 0. The van der Waals surface area contributed by atoms with Gasteiger partial charge in [-0.15, -0.1) is 0 Å². The number of esters is 3. The van der Waals surface area contributed by atoms with Gasteiger partial charge in [-0.25, -0.2) is 0 Å². The molecule has 9 nitrogen and oxygen atoms in total. The summed E-state index contributed by atoms with van der Waals surface area (Å²) >= 11 is 12.8. The molecular formula is C25H16Cl2O9. The van der Waals surface area contributed by atoms with Gasteiger partial charge in [0.1, 0.15) is 11.5 Å². The lowest BCUT2D eigenvalue weighted by atomic mass is 9.70. The standard InChI is InChI=1S/C25H16Cl2O9/c1-10(28)33-20-8-18-14(6-16(20)26)25(13-5-3-4-12(23(30)31)22(13)24(32)36-25)15-7-17(27)21(34-11(2)29)9-19(15)35-18/h3-9,12,22H,1-2H3,(H,30,31). The molecule has 1 aliphatic carbocycles. The molecule has 3 aliphatic rings. The van der Waals surface area contributed by atoms with Crippen molar-refractivity contribution in [1.29, 1.82) is 0 Å². The van der Waals surface area contributed by atoms with Crippen LogP contribution in [0, 0.1) is 11.8 Å². The molecule has 2 heterocycles. The maximum Gasteiger partial charge on any atom is 0.316 e. The van der Waals surface area contributed by atoms with E-state index in [1.165, 1.54) is 50.3 Å². The monoisotopic (exact) mass is 530 g/mol. The quantitative estimate of drug-likeness (QED) is 0.448. The molecule has 11 heteroatoms. The smallest absolute Gasteiger partial charge is 0.316 e. The third kappa shape index (κ3) is 3.54. The Balaban J connectivity index is 1.80. The predicted octanol–water partition coefficient (Wildman–Crippen LogP) is 4.56. The number of rotatable bonds is 3. The summed E-state index contributed by atoms with van der Waals surface area (Å²) in [6.45, 7) is 2.41. The van der Waals surface area contributed by atoms with Crippen LogP contribution < -0.4 is 14.2 Å². The van der Waals surface area contributed by atoms with Crippen LogP contribution in [0.1, 0.15) is 25.0 Å². The summed E-state index contributed by atoms with van der Waals surface area (Å²) in [5, 5.41) is 9.81. The van der Waals surface area contributed by atoms with Gasteiger partial charge in [-0.2, -0.15) is 0 Å². The molecule has 5 rings (SSSR count). The van der Waals surface area contributed by atoms with Crippen molar-refractivity contribution in [2.24, 2.45) is 11.8 Å². The maximum absolute atomic E-state index is 13.2. The molecule has 1 N–H and O–H groups in total. The number of ether oxygens (including phenoxy) is 4. The summed E-state index contributed by atoms with van der Waals surface area (Å²) in [5.41, 5.74) is -0.789. The van der Waals surface area contributed by atoms with Gasteiger partial charge in [0.2, 0.25) is 0 Å². The first-order valence-electron chi connectivity index (χ1n) is 10.6. The van der Waals surface area contributed by atoms with Crippen molar-refractivity contribution in [3.63, 3.8) is 0 Å². The van der Waals surface area contributed by atoms with Crippen molar-refractivity contribution in [3.05, 3.63) is 69.2 Å². The second kappa shape index (κ2) is 8.39.